The molecule has 170 valence electrons. The van der Waals surface area contributed by atoms with Crippen molar-refractivity contribution in [2.45, 2.75) is 13.8 Å². The van der Waals surface area contributed by atoms with Gasteiger partial charge in [-0.2, -0.15) is 0 Å². The van der Waals surface area contributed by atoms with E-state index in [4.69, 9.17) is 15.2 Å². The smallest absolute Gasteiger partial charge is 0.145 e. The number of hydrogen-bond donors (Lipinski definition) is 2. The Morgan fingerprint density at radius 3 is 2.55 bits per heavy atom. The summed E-state index contributed by atoms with van der Waals surface area (Å²) in [5.41, 5.74) is 10.4. The van der Waals surface area contributed by atoms with Crippen LogP contribution in [0.5, 0.6) is 17.2 Å². The van der Waals surface area contributed by atoms with Gasteiger partial charge < -0.3 is 25.4 Å². The van der Waals surface area contributed by atoms with E-state index in [0.29, 0.717) is 29.6 Å². The van der Waals surface area contributed by atoms with E-state index < -0.39 is 0 Å². The first-order valence-corrected chi connectivity index (χ1v) is 10.7. The van der Waals surface area contributed by atoms with Crippen LogP contribution in [0.3, 0.4) is 0 Å². The fraction of sp³-hybridized carbons (Fsp3) is 0.240. The number of aryl methyl sites for hydroxylation is 2. The summed E-state index contributed by atoms with van der Waals surface area (Å²) in [6, 6.07) is 13.4. The highest BCUT2D eigenvalue weighted by Crippen LogP contribution is 2.33. The van der Waals surface area contributed by atoms with Crippen LogP contribution in [-0.4, -0.2) is 47.1 Å². The molecule has 33 heavy (non-hydrogen) atoms. The number of hydrogen-bond acceptors (Lipinski definition) is 8. The van der Waals surface area contributed by atoms with Gasteiger partial charge in [-0.05, 0) is 69.9 Å². The highest BCUT2D eigenvalue weighted by atomic mass is 16.5. The number of nitrogens with zero attached hydrogens (tertiary/aromatic N) is 4. The second kappa shape index (κ2) is 9.70. The highest BCUT2D eigenvalue weighted by Gasteiger charge is 2.11. The molecule has 0 aliphatic carbocycles. The van der Waals surface area contributed by atoms with Gasteiger partial charge in [0.2, 0.25) is 0 Å². The highest BCUT2D eigenvalue weighted by molar-refractivity contribution is 5.94. The number of likely N-dealkylation sites (N-methyl/N-ethyl adjacent to an activating group) is 1. The number of nitrogens with two attached hydrogens (primary N) is 1. The first-order chi connectivity index (χ1) is 15.9. The lowest BCUT2D eigenvalue weighted by molar-refractivity contribution is 0.262. The van der Waals surface area contributed by atoms with Crippen LogP contribution >= 0.6 is 0 Å². The number of benzene rings is 2. The number of fused-ring (bicyclic) bond motifs is 1. The quantitative estimate of drug-likeness (QED) is 0.377. The molecule has 0 bridgehead atoms. The van der Waals surface area contributed by atoms with Crippen molar-refractivity contribution in [2.75, 3.05) is 38.3 Å². The summed E-state index contributed by atoms with van der Waals surface area (Å²) in [6.45, 7) is 5.29. The Morgan fingerprint density at radius 2 is 1.82 bits per heavy atom. The summed E-state index contributed by atoms with van der Waals surface area (Å²) < 4.78 is 11.8. The van der Waals surface area contributed by atoms with Crippen molar-refractivity contribution in [3.05, 3.63) is 66.2 Å². The van der Waals surface area contributed by atoms with Crippen LogP contribution in [0.15, 0.2) is 55.0 Å². The van der Waals surface area contributed by atoms with E-state index in [2.05, 4.69) is 25.2 Å². The molecular formula is C25H28N6O2. The topological polar surface area (TPSA) is 98.4 Å². The van der Waals surface area contributed by atoms with Crippen LogP contribution in [0.1, 0.15) is 11.3 Å². The molecule has 0 radical (unpaired) electrons. The Balaban J connectivity index is 1.54. The van der Waals surface area contributed by atoms with Gasteiger partial charge in [-0.3, -0.25) is 4.98 Å². The minimum absolute atomic E-state index is 0.547. The fourth-order valence-corrected chi connectivity index (χ4v) is 3.28. The molecule has 0 amide bonds. The average molecular weight is 445 g/mol. The van der Waals surface area contributed by atoms with Crippen LogP contribution in [0.2, 0.25) is 0 Å². The third-order valence-corrected chi connectivity index (χ3v) is 5.11. The SMILES string of the molecule is Cc1ccc(Oc2ccc(Nc3ncnc4cc(OCCN(C)C)c(N)cc34)cc2C)cn1. The van der Waals surface area contributed by atoms with Crippen molar-refractivity contribution < 1.29 is 9.47 Å². The van der Waals surface area contributed by atoms with Crippen LogP contribution in [0.4, 0.5) is 17.2 Å². The number of pyridine rings is 1. The van der Waals surface area contributed by atoms with E-state index in [1.54, 1.807) is 6.20 Å². The zero-order valence-corrected chi connectivity index (χ0v) is 19.3. The van der Waals surface area contributed by atoms with E-state index >= 15 is 0 Å². The molecule has 0 aliphatic heterocycles. The summed E-state index contributed by atoms with van der Waals surface area (Å²) in [7, 11) is 4.00. The minimum atomic E-state index is 0.547. The molecule has 0 atom stereocenters. The summed E-state index contributed by atoms with van der Waals surface area (Å²) in [5, 5.41) is 4.19. The largest absolute Gasteiger partial charge is 0.490 e. The maximum Gasteiger partial charge on any atom is 0.145 e. The lowest BCUT2D eigenvalue weighted by Gasteiger charge is -2.15. The number of nitrogen functional groups attached to an aromatic ring is 1. The van der Waals surface area contributed by atoms with Crippen molar-refractivity contribution in [1.29, 1.82) is 0 Å². The maximum atomic E-state index is 6.25. The van der Waals surface area contributed by atoms with Crippen LogP contribution in [-0.2, 0) is 0 Å². The van der Waals surface area contributed by atoms with Crippen molar-refractivity contribution in [1.82, 2.24) is 19.9 Å². The molecule has 2 aromatic heterocycles. The monoisotopic (exact) mass is 444 g/mol. The molecule has 0 fully saturated rings. The predicted octanol–water partition coefficient (Wildman–Crippen LogP) is 4.70. The van der Waals surface area contributed by atoms with Gasteiger partial charge in [-0.15, -0.1) is 0 Å². The Morgan fingerprint density at radius 1 is 0.970 bits per heavy atom. The lowest BCUT2D eigenvalue weighted by Crippen LogP contribution is -2.19. The van der Waals surface area contributed by atoms with Crippen molar-refractivity contribution in [3.63, 3.8) is 0 Å². The van der Waals surface area contributed by atoms with Crippen LogP contribution in [0.25, 0.3) is 10.9 Å². The standard InChI is InChI=1S/C25H28N6O2/c1-16-11-18(6-8-23(16)33-19-7-5-17(2)27-14-19)30-25-20-12-21(26)24(32-10-9-31(3)4)13-22(20)28-15-29-25/h5-8,11-15H,9-10,26H2,1-4H3,(H,28,29,30). The molecule has 8 heteroatoms. The summed E-state index contributed by atoms with van der Waals surface area (Å²) in [6.07, 6.45) is 3.25. The molecule has 0 spiro atoms. The van der Waals surface area contributed by atoms with E-state index in [1.807, 2.05) is 70.4 Å². The molecular weight excluding hydrogens is 416 g/mol. The summed E-state index contributed by atoms with van der Waals surface area (Å²) in [4.78, 5) is 15.1. The number of anilines is 3. The van der Waals surface area contributed by atoms with Gasteiger partial charge in [0.25, 0.3) is 0 Å². The third-order valence-electron chi connectivity index (χ3n) is 5.11. The first-order valence-electron chi connectivity index (χ1n) is 10.7. The zero-order chi connectivity index (χ0) is 23.4. The molecule has 0 saturated carbocycles. The summed E-state index contributed by atoms with van der Waals surface area (Å²) >= 11 is 0. The molecule has 0 unspecified atom stereocenters. The molecule has 2 aromatic carbocycles. The van der Waals surface area contributed by atoms with Crippen LogP contribution in [0, 0.1) is 13.8 Å². The minimum Gasteiger partial charge on any atom is -0.490 e. The van der Waals surface area contributed by atoms with Gasteiger partial charge in [0.15, 0.2) is 0 Å². The molecule has 8 nitrogen and oxygen atoms in total. The Labute approximate surface area is 193 Å². The molecule has 4 aromatic rings. The van der Waals surface area contributed by atoms with E-state index in [9.17, 15) is 0 Å². The third kappa shape index (κ3) is 5.48. The molecule has 0 saturated heterocycles. The average Bonchev–Trinajstić information content (AvgIpc) is 2.78. The maximum absolute atomic E-state index is 6.25. The first kappa shape index (κ1) is 22.3. The van der Waals surface area contributed by atoms with Gasteiger partial charge in [0.1, 0.15) is 36.0 Å². The lowest BCUT2D eigenvalue weighted by atomic mass is 10.1. The second-order valence-electron chi connectivity index (χ2n) is 8.12. The Kier molecular flexibility index (Phi) is 6.55. The van der Waals surface area contributed by atoms with Crippen molar-refractivity contribution in [3.8, 4) is 17.2 Å². The van der Waals surface area contributed by atoms with Crippen molar-refractivity contribution in [2.24, 2.45) is 0 Å². The fourth-order valence-electron chi connectivity index (χ4n) is 3.28. The molecule has 4 rings (SSSR count). The normalized spacial score (nSPS) is 11.1. The van der Waals surface area contributed by atoms with E-state index in [0.717, 1.165) is 40.1 Å². The summed E-state index contributed by atoms with van der Waals surface area (Å²) in [5.74, 6) is 2.76. The Bertz CT molecular complexity index is 1260. The van der Waals surface area contributed by atoms with Gasteiger partial charge in [-0.25, -0.2) is 9.97 Å². The zero-order valence-electron chi connectivity index (χ0n) is 19.3. The van der Waals surface area contributed by atoms with E-state index in [-0.39, 0.29) is 0 Å². The van der Waals surface area contributed by atoms with Gasteiger partial charge >= 0.3 is 0 Å². The second-order valence-corrected chi connectivity index (χ2v) is 8.12. The van der Waals surface area contributed by atoms with Crippen molar-refractivity contribution >= 4 is 28.1 Å². The van der Waals surface area contributed by atoms with Gasteiger partial charge in [0.05, 0.1) is 17.4 Å². The number of aromatic nitrogens is 3. The van der Waals surface area contributed by atoms with Crippen LogP contribution < -0.4 is 20.5 Å². The number of ether oxygens (including phenoxy) is 2. The molecule has 3 N–H and O–H groups in total. The molecule has 2 heterocycles. The molecule has 0 aliphatic rings. The predicted molar refractivity (Wildman–Crippen MR) is 132 cm³/mol. The van der Waals surface area contributed by atoms with Gasteiger partial charge in [0, 0.05) is 29.4 Å². The number of nitrogens with one attached hydrogen (secondary N) is 1. The number of rotatable bonds is 8. The Hall–Kier alpha value is -3.91. The van der Waals surface area contributed by atoms with E-state index in [1.165, 1.54) is 6.33 Å². The van der Waals surface area contributed by atoms with Gasteiger partial charge in [-0.1, -0.05) is 0 Å².